The number of esters is 1. The van der Waals surface area contributed by atoms with Crippen molar-refractivity contribution in [2.75, 3.05) is 19.5 Å². The Balaban J connectivity index is 1.25. The minimum absolute atomic E-state index is 0.161. The van der Waals surface area contributed by atoms with Crippen molar-refractivity contribution >= 4 is 28.3 Å². The number of hydrogen-bond donors (Lipinski definition) is 1. The molecule has 10 nitrogen and oxygen atoms in total. The van der Waals surface area contributed by atoms with E-state index < -0.39 is 5.41 Å². The van der Waals surface area contributed by atoms with Gasteiger partial charge in [-0.2, -0.15) is 0 Å². The highest BCUT2D eigenvalue weighted by Crippen LogP contribution is 2.48. The minimum atomic E-state index is -0.564. The Morgan fingerprint density at radius 2 is 1.84 bits per heavy atom. The summed E-state index contributed by atoms with van der Waals surface area (Å²) in [6.07, 6.45) is 4.74. The minimum Gasteiger partial charge on any atom is -0.496 e. The summed E-state index contributed by atoms with van der Waals surface area (Å²) in [5, 5.41) is 11.4. The van der Waals surface area contributed by atoms with Gasteiger partial charge in [0.2, 0.25) is 5.13 Å². The van der Waals surface area contributed by atoms with Crippen LogP contribution in [0, 0.1) is 6.92 Å². The molecule has 1 N–H and O–H groups in total. The molecule has 5 rings (SSSR count). The number of benzene rings is 1. The third-order valence-electron chi connectivity index (χ3n) is 6.36. The summed E-state index contributed by atoms with van der Waals surface area (Å²) in [4.78, 5) is 33.9. The molecule has 0 atom stereocenters. The fourth-order valence-corrected chi connectivity index (χ4v) is 4.76. The summed E-state index contributed by atoms with van der Waals surface area (Å²) in [6.45, 7) is 2.02. The van der Waals surface area contributed by atoms with Crippen molar-refractivity contribution in [1.82, 2.24) is 20.2 Å². The van der Waals surface area contributed by atoms with Crippen LogP contribution in [0.1, 0.15) is 40.2 Å². The first-order valence-corrected chi connectivity index (χ1v) is 12.7. The summed E-state index contributed by atoms with van der Waals surface area (Å²) < 4.78 is 16.1. The Morgan fingerprint density at radius 3 is 2.55 bits per heavy atom. The van der Waals surface area contributed by atoms with Gasteiger partial charge in [-0.1, -0.05) is 29.4 Å². The lowest BCUT2D eigenvalue weighted by Gasteiger charge is -2.13. The van der Waals surface area contributed by atoms with E-state index in [1.165, 1.54) is 13.3 Å². The lowest BCUT2D eigenvalue weighted by Crippen LogP contribution is -2.22. The number of ether oxygens (including phenoxy) is 3. The molecule has 0 unspecified atom stereocenters. The van der Waals surface area contributed by atoms with Crippen LogP contribution in [-0.4, -0.2) is 46.3 Å². The Kier molecular flexibility index (Phi) is 7.01. The zero-order chi connectivity index (χ0) is 26.7. The van der Waals surface area contributed by atoms with E-state index in [1.54, 1.807) is 13.3 Å². The van der Waals surface area contributed by atoms with Gasteiger partial charge in [-0.25, -0.2) is 0 Å². The molecule has 1 aliphatic rings. The van der Waals surface area contributed by atoms with Gasteiger partial charge in [0.1, 0.15) is 12.4 Å². The zero-order valence-corrected chi connectivity index (χ0v) is 21.9. The first-order valence-electron chi connectivity index (χ1n) is 11.8. The maximum Gasteiger partial charge on any atom is 0.316 e. The quantitative estimate of drug-likeness (QED) is 0.314. The van der Waals surface area contributed by atoms with E-state index in [2.05, 4.69) is 25.5 Å². The van der Waals surface area contributed by atoms with Crippen LogP contribution in [0.15, 0.2) is 54.9 Å². The highest BCUT2D eigenvalue weighted by molar-refractivity contribution is 7.17. The number of pyridine rings is 2. The monoisotopic (exact) mass is 531 g/mol. The van der Waals surface area contributed by atoms with Crippen molar-refractivity contribution in [3.05, 3.63) is 77.4 Å². The number of methoxy groups -OCH3 is 2. The van der Waals surface area contributed by atoms with Gasteiger partial charge >= 0.3 is 5.97 Å². The number of rotatable bonds is 9. The molecule has 0 bridgehead atoms. The lowest BCUT2D eigenvalue weighted by atomic mass is 9.98. The summed E-state index contributed by atoms with van der Waals surface area (Å²) in [7, 11) is 2.99. The number of nitrogens with one attached hydrogen (secondary N) is 1. The topological polar surface area (TPSA) is 125 Å². The molecule has 11 heteroatoms. The van der Waals surface area contributed by atoms with Crippen LogP contribution in [0.2, 0.25) is 0 Å². The lowest BCUT2D eigenvalue weighted by molar-refractivity contribution is -0.143. The van der Waals surface area contributed by atoms with Crippen molar-refractivity contribution in [3.63, 3.8) is 0 Å². The fraction of sp³-hybridized carbons (Fsp3) is 0.259. The molecular weight excluding hydrogens is 506 g/mol. The third-order valence-corrected chi connectivity index (χ3v) is 7.11. The van der Waals surface area contributed by atoms with Crippen molar-refractivity contribution in [2.45, 2.75) is 31.8 Å². The van der Waals surface area contributed by atoms with Gasteiger partial charge in [0.05, 0.1) is 30.9 Å². The van der Waals surface area contributed by atoms with Crippen LogP contribution < -0.4 is 14.8 Å². The molecular formula is C27H25N5O5S. The summed E-state index contributed by atoms with van der Waals surface area (Å²) >= 11 is 1.10. The molecule has 1 aliphatic carbocycles. The number of aromatic nitrogens is 4. The van der Waals surface area contributed by atoms with Crippen molar-refractivity contribution in [1.29, 1.82) is 0 Å². The number of amides is 1. The van der Waals surface area contributed by atoms with Crippen molar-refractivity contribution in [3.8, 4) is 22.1 Å². The second-order valence-electron chi connectivity index (χ2n) is 8.80. The number of aryl methyl sites for hydroxylation is 1. The standard InChI is InChI=1S/C27H25N5O5S/c1-16-12-20(19-6-4-5-7-22(19)35-2)21(14-28-16)23(33)30-25-31-32-26(38-25)37-15-18-9-8-17(13-29-18)27(10-11-27)24(34)36-3/h4-9,12-14H,10-11,15H2,1-3H3,(H,30,31,33). The molecule has 194 valence electrons. The number of anilines is 1. The van der Waals surface area contributed by atoms with Gasteiger partial charge in [-0.3, -0.25) is 24.9 Å². The summed E-state index contributed by atoms with van der Waals surface area (Å²) in [5.41, 5.74) is 3.57. The Labute approximate surface area is 223 Å². The number of para-hydroxylation sites is 1. The van der Waals surface area contributed by atoms with Gasteiger partial charge in [0, 0.05) is 29.2 Å². The molecule has 1 fully saturated rings. The van der Waals surface area contributed by atoms with E-state index in [-0.39, 0.29) is 28.8 Å². The SMILES string of the molecule is COC(=O)C1(c2ccc(COc3nnc(NC(=O)c4cnc(C)cc4-c4ccccc4OC)s3)nc2)CC1. The van der Waals surface area contributed by atoms with Crippen molar-refractivity contribution < 1.29 is 23.8 Å². The average Bonchev–Trinajstić information content (AvgIpc) is 3.64. The molecule has 4 aromatic rings. The average molecular weight is 532 g/mol. The molecule has 3 aromatic heterocycles. The van der Waals surface area contributed by atoms with E-state index in [0.717, 1.165) is 41.0 Å². The first kappa shape index (κ1) is 25.3. The van der Waals surface area contributed by atoms with Crippen molar-refractivity contribution in [2.24, 2.45) is 0 Å². The van der Waals surface area contributed by atoms with E-state index in [1.807, 2.05) is 49.4 Å². The van der Waals surface area contributed by atoms with Gasteiger partial charge in [0.15, 0.2) is 0 Å². The molecule has 0 aliphatic heterocycles. The molecule has 0 spiro atoms. The number of nitrogens with zero attached hydrogens (tertiary/aromatic N) is 4. The molecule has 1 saturated carbocycles. The van der Waals surface area contributed by atoms with Gasteiger partial charge in [0.25, 0.3) is 11.1 Å². The fourth-order valence-electron chi connectivity index (χ4n) is 4.17. The summed E-state index contributed by atoms with van der Waals surface area (Å²) in [5.74, 6) is 0.0409. The number of carbonyl (C=O) groups excluding carboxylic acids is 2. The second kappa shape index (κ2) is 10.5. The van der Waals surface area contributed by atoms with Crippen LogP contribution in [0.25, 0.3) is 11.1 Å². The molecule has 1 amide bonds. The largest absolute Gasteiger partial charge is 0.496 e. The highest BCUT2D eigenvalue weighted by Gasteiger charge is 2.52. The van der Waals surface area contributed by atoms with E-state index in [4.69, 9.17) is 14.2 Å². The Bertz CT molecular complexity index is 1480. The smallest absolute Gasteiger partial charge is 0.316 e. The zero-order valence-electron chi connectivity index (χ0n) is 21.1. The van der Waals surface area contributed by atoms with Gasteiger partial charge < -0.3 is 14.2 Å². The Morgan fingerprint density at radius 1 is 1.03 bits per heavy atom. The van der Waals surface area contributed by atoms with Crippen LogP contribution in [0.4, 0.5) is 5.13 Å². The predicted octanol–water partition coefficient (Wildman–Crippen LogP) is 4.35. The third kappa shape index (κ3) is 5.05. The number of hydrogen-bond acceptors (Lipinski definition) is 10. The maximum absolute atomic E-state index is 13.2. The maximum atomic E-state index is 13.2. The summed E-state index contributed by atoms with van der Waals surface area (Å²) in [6, 6.07) is 13.0. The van der Waals surface area contributed by atoms with E-state index in [9.17, 15) is 9.59 Å². The van der Waals surface area contributed by atoms with Crippen LogP contribution in [-0.2, 0) is 21.6 Å². The normalized spacial score (nSPS) is 13.4. The van der Waals surface area contributed by atoms with Gasteiger partial charge in [-0.05, 0) is 54.9 Å². The molecule has 1 aromatic carbocycles. The van der Waals surface area contributed by atoms with E-state index >= 15 is 0 Å². The first-order chi connectivity index (χ1) is 18.4. The Hall–Kier alpha value is -4.38. The second-order valence-corrected chi connectivity index (χ2v) is 9.74. The highest BCUT2D eigenvalue weighted by atomic mass is 32.1. The molecule has 0 radical (unpaired) electrons. The van der Waals surface area contributed by atoms with Crippen LogP contribution in [0.5, 0.6) is 10.9 Å². The predicted molar refractivity (Wildman–Crippen MR) is 140 cm³/mol. The molecule has 3 heterocycles. The van der Waals surface area contributed by atoms with Gasteiger partial charge in [-0.15, -0.1) is 5.10 Å². The number of carbonyl (C=O) groups is 2. The molecule has 0 saturated heterocycles. The van der Waals surface area contributed by atoms with Crippen LogP contribution in [0.3, 0.4) is 0 Å². The van der Waals surface area contributed by atoms with E-state index in [0.29, 0.717) is 22.6 Å². The molecule has 38 heavy (non-hydrogen) atoms. The van der Waals surface area contributed by atoms with Crippen LogP contribution >= 0.6 is 11.3 Å².